The first-order valence-electron chi connectivity index (χ1n) is 7.85. The number of piperidine rings is 1. The lowest BCUT2D eigenvalue weighted by molar-refractivity contribution is 0.0602. The molecule has 1 atom stereocenters. The number of carbonyl (C=O) groups is 1. The molecule has 2 aromatic rings. The van der Waals surface area contributed by atoms with Gasteiger partial charge in [0.1, 0.15) is 4.90 Å². The van der Waals surface area contributed by atoms with Gasteiger partial charge < -0.3 is 4.90 Å². The maximum atomic E-state index is 12.9. The van der Waals surface area contributed by atoms with Crippen LogP contribution in [0.1, 0.15) is 47.1 Å². The standard InChI is InChI=1S/C16H20N4O3S/c1-11-6-7-12(9-17-11)16(21)20-8-4-3-5-13(20)15-14(10-18-19-15)24(2,22)23/h6-7,9-10,13H,3-5,8H2,1-2H3,(H,18,19)/t13-/m1/s1. The van der Waals surface area contributed by atoms with E-state index in [2.05, 4.69) is 15.2 Å². The van der Waals surface area contributed by atoms with Crippen molar-refractivity contribution >= 4 is 15.7 Å². The highest BCUT2D eigenvalue weighted by molar-refractivity contribution is 7.90. The number of nitrogens with zero attached hydrogens (tertiary/aromatic N) is 3. The average Bonchev–Trinajstić information content (AvgIpc) is 3.05. The van der Waals surface area contributed by atoms with E-state index in [1.165, 1.54) is 6.20 Å². The van der Waals surface area contributed by atoms with Crippen molar-refractivity contribution in [2.24, 2.45) is 0 Å². The number of carbonyl (C=O) groups excluding carboxylic acids is 1. The molecule has 1 N–H and O–H groups in total. The zero-order chi connectivity index (χ0) is 17.3. The third-order valence-electron chi connectivity index (χ3n) is 4.29. The molecule has 128 valence electrons. The first-order valence-corrected chi connectivity index (χ1v) is 9.74. The number of H-pyrrole nitrogens is 1. The molecular formula is C16H20N4O3S. The molecular weight excluding hydrogens is 328 g/mol. The summed E-state index contributed by atoms with van der Waals surface area (Å²) in [7, 11) is -3.40. The summed E-state index contributed by atoms with van der Waals surface area (Å²) in [6.45, 7) is 2.44. The molecule has 3 heterocycles. The highest BCUT2D eigenvalue weighted by Gasteiger charge is 2.33. The van der Waals surface area contributed by atoms with Gasteiger partial charge in [0.25, 0.3) is 5.91 Å². The molecule has 7 nitrogen and oxygen atoms in total. The first-order chi connectivity index (χ1) is 11.4. The van der Waals surface area contributed by atoms with E-state index < -0.39 is 9.84 Å². The van der Waals surface area contributed by atoms with E-state index >= 15 is 0 Å². The van der Waals surface area contributed by atoms with Gasteiger partial charge in [-0.3, -0.25) is 14.9 Å². The fourth-order valence-corrected chi connectivity index (χ4v) is 3.88. The summed E-state index contributed by atoms with van der Waals surface area (Å²) in [6, 6.07) is 3.23. The van der Waals surface area contributed by atoms with Gasteiger partial charge in [0, 0.05) is 24.7 Å². The lowest BCUT2D eigenvalue weighted by Crippen LogP contribution is -2.39. The maximum Gasteiger partial charge on any atom is 0.255 e. The number of nitrogens with one attached hydrogen (secondary N) is 1. The van der Waals surface area contributed by atoms with Gasteiger partial charge >= 0.3 is 0 Å². The van der Waals surface area contributed by atoms with Crippen LogP contribution in [0.3, 0.4) is 0 Å². The van der Waals surface area contributed by atoms with Crippen LogP contribution in [0.25, 0.3) is 0 Å². The van der Waals surface area contributed by atoms with Crippen molar-refractivity contribution < 1.29 is 13.2 Å². The molecule has 1 fully saturated rings. The third kappa shape index (κ3) is 3.19. The quantitative estimate of drug-likeness (QED) is 0.914. The van der Waals surface area contributed by atoms with Gasteiger partial charge in [-0.15, -0.1) is 0 Å². The number of aromatic amines is 1. The van der Waals surface area contributed by atoms with Crippen molar-refractivity contribution in [3.63, 3.8) is 0 Å². The second-order valence-electron chi connectivity index (χ2n) is 6.12. The Bertz CT molecular complexity index is 842. The first kappa shape index (κ1) is 16.6. The number of sulfone groups is 1. The molecule has 0 unspecified atom stereocenters. The lowest BCUT2D eigenvalue weighted by Gasteiger charge is -2.35. The highest BCUT2D eigenvalue weighted by Crippen LogP contribution is 2.34. The van der Waals surface area contributed by atoms with Crippen LogP contribution in [-0.4, -0.2) is 47.2 Å². The largest absolute Gasteiger partial charge is 0.330 e. The molecule has 8 heteroatoms. The Hall–Kier alpha value is -2.22. The Balaban J connectivity index is 1.96. The number of aromatic nitrogens is 3. The van der Waals surface area contributed by atoms with Gasteiger partial charge in [-0.1, -0.05) is 0 Å². The fourth-order valence-electron chi connectivity index (χ4n) is 3.05. The molecule has 1 amide bonds. The van der Waals surface area contributed by atoms with Crippen LogP contribution >= 0.6 is 0 Å². The van der Waals surface area contributed by atoms with Crippen LogP contribution in [-0.2, 0) is 9.84 Å². The van der Waals surface area contributed by atoms with Crippen molar-refractivity contribution in [2.45, 2.75) is 37.1 Å². The number of aryl methyl sites for hydroxylation is 1. The van der Waals surface area contributed by atoms with E-state index in [1.54, 1.807) is 23.2 Å². The minimum absolute atomic E-state index is 0.138. The molecule has 3 rings (SSSR count). The Morgan fingerprint density at radius 1 is 1.29 bits per heavy atom. The zero-order valence-electron chi connectivity index (χ0n) is 13.7. The van der Waals surface area contributed by atoms with E-state index in [-0.39, 0.29) is 16.8 Å². The summed E-state index contributed by atoms with van der Waals surface area (Å²) in [5.41, 5.74) is 1.84. The molecule has 0 bridgehead atoms. The summed E-state index contributed by atoms with van der Waals surface area (Å²) in [4.78, 5) is 18.9. The van der Waals surface area contributed by atoms with Gasteiger partial charge in [-0.2, -0.15) is 5.10 Å². The van der Waals surface area contributed by atoms with Crippen molar-refractivity contribution in [1.29, 1.82) is 0 Å². The molecule has 1 aliphatic heterocycles. The maximum absolute atomic E-state index is 12.9. The highest BCUT2D eigenvalue weighted by atomic mass is 32.2. The number of hydrogen-bond donors (Lipinski definition) is 1. The van der Waals surface area contributed by atoms with Gasteiger partial charge in [0.15, 0.2) is 9.84 Å². The predicted octanol–water partition coefficient (Wildman–Crippen LogP) is 1.88. The second kappa shape index (κ2) is 6.35. The average molecular weight is 348 g/mol. The summed E-state index contributed by atoms with van der Waals surface area (Å²) in [5, 5.41) is 6.68. The number of hydrogen-bond acceptors (Lipinski definition) is 5. The minimum Gasteiger partial charge on any atom is -0.330 e. The van der Waals surface area contributed by atoms with Crippen LogP contribution in [0.4, 0.5) is 0 Å². The molecule has 2 aromatic heterocycles. The molecule has 0 spiro atoms. The Morgan fingerprint density at radius 2 is 2.08 bits per heavy atom. The van der Waals surface area contributed by atoms with Crippen molar-refractivity contribution in [1.82, 2.24) is 20.1 Å². The van der Waals surface area contributed by atoms with Crippen LogP contribution in [0.15, 0.2) is 29.4 Å². The van der Waals surface area contributed by atoms with E-state index in [9.17, 15) is 13.2 Å². The van der Waals surface area contributed by atoms with Crippen molar-refractivity contribution in [2.75, 3.05) is 12.8 Å². The molecule has 0 radical (unpaired) electrons. The number of rotatable bonds is 3. The monoisotopic (exact) mass is 348 g/mol. The van der Waals surface area contributed by atoms with E-state index in [1.807, 2.05) is 6.92 Å². The van der Waals surface area contributed by atoms with Crippen LogP contribution in [0, 0.1) is 6.92 Å². The molecule has 0 aromatic carbocycles. The van der Waals surface area contributed by atoms with Crippen molar-refractivity contribution in [3.8, 4) is 0 Å². The topological polar surface area (TPSA) is 96.0 Å². The Kier molecular flexibility index (Phi) is 4.40. The molecule has 24 heavy (non-hydrogen) atoms. The number of amides is 1. The van der Waals surface area contributed by atoms with E-state index in [0.717, 1.165) is 24.8 Å². The van der Waals surface area contributed by atoms with Gasteiger partial charge in [0.05, 0.1) is 23.5 Å². The normalized spacial score (nSPS) is 18.6. The molecule has 0 saturated carbocycles. The lowest BCUT2D eigenvalue weighted by atomic mass is 9.98. The molecule has 1 aliphatic rings. The predicted molar refractivity (Wildman–Crippen MR) is 88.3 cm³/mol. The van der Waals surface area contributed by atoms with Crippen LogP contribution in [0.5, 0.6) is 0 Å². The Morgan fingerprint density at radius 3 is 2.75 bits per heavy atom. The van der Waals surface area contributed by atoms with Gasteiger partial charge in [0.2, 0.25) is 0 Å². The summed E-state index contributed by atoms with van der Waals surface area (Å²) >= 11 is 0. The van der Waals surface area contributed by atoms with Gasteiger partial charge in [-0.25, -0.2) is 8.42 Å². The van der Waals surface area contributed by atoms with Crippen LogP contribution < -0.4 is 0 Å². The minimum atomic E-state index is -3.40. The van der Waals surface area contributed by atoms with Gasteiger partial charge in [-0.05, 0) is 38.3 Å². The number of likely N-dealkylation sites (tertiary alicyclic amines) is 1. The van der Waals surface area contributed by atoms with E-state index in [0.29, 0.717) is 24.2 Å². The summed E-state index contributed by atoms with van der Waals surface area (Å²) in [6.07, 6.45) is 6.56. The fraction of sp³-hybridized carbons (Fsp3) is 0.438. The zero-order valence-corrected chi connectivity index (χ0v) is 14.5. The third-order valence-corrected chi connectivity index (χ3v) is 5.41. The Labute approximate surface area is 141 Å². The molecule has 1 saturated heterocycles. The number of pyridine rings is 1. The summed E-state index contributed by atoms with van der Waals surface area (Å²) in [5.74, 6) is -0.138. The van der Waals surface area contributed by atoms with Crippen LogP contribution in [0.2, 0.25) is 0 Å². The second-order valence-corrected chi connectivity index (χ2v) is 8.10. The van der Waals surface area contributed by atoms with Crippen molar-refractivity contribution in [3.05, 3.63) is 41.5 Å². The SMILES string of the molecule is Cc1ccc(C(=O)N2CCCC[C@@H]2c2[nH]ncc2S(C)(=O)=O)cn1. The smallest absolute Gasteiger partial charge is 0.255 e. The van der Waals surface area contributed by atoms with E-state index in [4.69, 9.17) is 0 Å². The molecule has 0 aliphatic carbocycles. The summed E-state index contributed by atoms with van der Waals surface area (Å²) < 4.78 is 23.9.